The average molecular weight is 295 g/mol. The second-order valence-electron chi connectivity index (χ2n) is 3.30. The van der Waals surface area contributed by atoms with E-state index >= 15 is 0 Å². The van der Waals surface area contributed by atoms with Gasteiger partial charge >= 0.3 is 0 Å². The lowest BCUT2D eigenvalue weighted by atomic mass is 10.2. The molecule has 16 heavy (non-hydrogen) atoms. The van der Waals surface area contributed by atoms with Crippen molar-refractivity contribution in [1.29, 1.82) is 0 Å². The summed E-state index contributed by atoms with van der Waals surface area (Å²) in [5.74, 6) is 0. The molecular formula is C13H11BrOS. The van der Waals surface area contributed by atoms with Gasteiger partial charge in [-0.25, -0.2) is 0 Å². The molecular weight excluding hydrogens is 284 g/mol. The zero-order valence-electron chi connectivity index (χ0n) is 8.56. The first-order valence-corrected chi connectivity index (χ1v) is 6.53. The summed E-state index contributed by atoms with van der Waals surface area (Å²) in [6, 6.07) is 16.0. The second kappa shape index (κ2) is 5.53. The first kappa shape index (κ1) is 11.7. The molecule has 0 atom stereocenters. The number of rotatable bonds is 3. The van der Waals surface area contributed by atoms with Crippen LogP contribution < -0.4 is 0 Å². The van der Waals surface area contributed by atoms with Crippen LogP contribution in [0.3, 0.4) is 0 Å². The van der Waals surface area contributed by atoms with Crippen molar-refractivity contribution in [2.24, 2.45) is 0 Å². The van der Waals surface area contributed by atoms with Gasteiger partial charge < -0.3 is 5.11 Å². The predicted molar refractivity (Wildman–Crippen MR) is 70.6 cm³/mol. The van der Waals surface area contributed by atoms with Gasteiger partial charge in [0.1, 0.15) is 0 Å². The quantitative estimate of drug-likeness (QED) is 0.920. The largest absolute Gasteiger partial charge is 0.392 e. The Morgan fingerprint density at radius 3 is 2.25 bits per heavy atom. The van der Waals surface area contributed by atoms with Gasteiger partial charge in [0.25, 0.3) is 0 Å². The molecule has 0 saturated heterocycles. The molecule has 0 aliphatic heterocycles. The Kier molecular flexibility index (Phi) is 4.04. The standard InChI is InChI=1S/C13H11BrOS/c14-11-6-2-4-8-13(11)16-12-7-3-1-5-10(12)9-15/h1-8,15H,9H2. The highest BCUT2D eigenvalue weighted by atomic mass is 79.9. The lowest BCUT2D eigenvalue weighted by Gasteiger charge is -2.07. The molecule has 0 radical (unpaired) electrons. The van der Waals surface area contributed by atoms with E-state index < -0.39 is 0 Å². The molecule has 0 amide bonds. The molecule has 3 heteroatoms. The Labute approximate surface area is 108 Å². The van der Waals surface area contributed by atoms with E-state index in [1.165, 1.54) is 0 Å². The first-order valence-electron chi connectivity index (χ1n) is 4.92. The van der Waals surface area contributed by atoms with Crippen LogP contribution in [0, 0.1) is 0 Å². The number of benzene rings is 2. The zero-order valence-corrected chi connectivity index (χ0v) is 11.0. The van der Waals surface area contributed by atoms with Gasteiger partial charge in [-0.15, -0.1) is 0 Å². The van der Waals surface area contributed by atoms with E-state index in [0.29, 0.717) is 0 Å². The van der Waals surface area contributed by atoms with Gasteiger partial charge in [-0.3, -0.25) is 0 Å². The number of aliphatic hydroxyl groups is 1. The molecule has 1 nitrogen and oxygen atoms in total. The van der Waals surface area contributed by atoms with Crippen LogP contribution in [0.2, 0.25) is 0 Å². The molecule has 82 valence electrons. The fourth-order valence-electron chi connectivity index (χ4n) is 1.38. The highest BCUT2D eigenvalue weighted by Crippen LogP contribution is 2.34. The van der Waals surface area contributed by atoms with E-state index in [0.717, 1.165) is 19.8 Å². The summed E-state index contributed by atoms with van der Waals surface area (Å²) < 4.78 is 1.08. The van der Waals surface area contributed by atoms with Crippen molar-refractivity contribution in [3.63, 3.8) is 0 Å². The van der Waals surface area contributed by atoms with Crippen molar-refractivity contribution < 1.29 is 5.11 Å². The number of aliphatic hydroxyl groups excluding tert-OH is 1. The third-order valence-corrected chi connectivity index (χ3v) is 4.35. The van der Waals surface area contributed by atoms with Gasteiger partial charge in [0, 0.05) is 14.3 Å². The highest BCUT2D eigenvalue weighted by Gasteiger charge is 2.05. The van der Waals surface area contributed by atoms with Crippen LogP contribution in [0.25, 0.3) is 0 Å². The average Bonchev–Trinajstić information content (AvgIpc) is 2.33. The Bertz CT molecular complexity index is 485. The van der Waals surface area contributed by atoms with E-state index in [1.54, 1.807) is 11.8 Å². The van der Waals surface area contributed by atoms with E-state index in [1.807, 2.05) is 42.5 Å². The molecule has 0 heterocycles. The molecule has 0 unspecified atom stereocenters. The van der Waals surface area contributed by atoms with Crippen molar-refractivity contribution in [2.75, 3.05) is 0 Å². The molecule has 2 aromatic carbocycles. The second-order valence-corrected chi connectivity index (χ2v) is 5.24. The van der Waals surface area contributed by atoms with Crippen LogP contribution in [0.15, 0.2) is 62.8 Å². The minimum absolute atomic E-state index is 0.0770. The maximum Gasteiger partial charge on any atom is 0.0692 e. The summed E-state index contributed by atoms with van der Waals surface area (Å²) in [5, 5.41) is 9.24. The fraction of sp³-hybridized carbons (Fsp3) is 0.0769. The lowest BCUT2D eigenvalue weighted by molar-refractivity contribution is 0.279. The van der Waals surface area contributed by atoms with E-state index in [9.17, 15) is 5.11 Å². The molecule has 0 spiro atoms. The maximum absolute atomic E-state index is 9.24. The van der Waals surface area contributed by atoms with Gasteiger partial charge in [0.2, 0.25) is 0 Å². The summed E-state index contributed by atoms with van der Waals surface area (Å²) >= 11 is 5.18. The zero-order chi connectivity index (χ0) is 11.4. The van der Waals surface area contributed by atoms with Crippen molar-refractivity contribution in [3.05, 3.63) is 58.6 Å². The minimum Gasteiger partial charge on any atom is -0.392 e. The van der Waals surface area contributed by atoms with Crippen LogP contribution in [0.4, 0.5) is 0 Å². The summed E-state index contributed by atoms with van der Waals surface area (Å²) in [6.45, 7) is 0.0770. The Morgan fingerprint density at radius 1 is 0.938 bits per heavy atom. The number of halogens is 1. The predicted octanol–water partition coefficient (Wildman–Crippen LogP) is 4.09. The first-order chi connectivity index (χ1) is 7.81. The molecule has 0 fully saturated rings. The van der Waals surface area contributed by atoms with Gasteiger partial charge in [-0.1, -0.05) is 42.1 Å². The fourth-order valence-corrected chi connectivity index (χ4v) is 2.87. The van der Waals surface area contributed by atoms with E-state index in [-0.39, 0.29) is 6.61 Å². The summed E-state index contributed by atoms with van der Waals surface area (Å²) in [7, 11) is 0. The van der Waals surface area contributed by atoms with Crippen molar-refractivity contribution in [1.82, 2.24) is 0 Å². The van der Waals surface area contributed by atoms with Crippen LogP contribution in [-0.4, -0.2) is 5.11 Å². The molecule has 1 N–H and O–H groups in total. The van der Waals surface area contributed by atoms with Crippen LogP contribution in [0.1, 0.15) is 5.56 Å². The lowest BCUT2D eigenvalue weighted by Crippen LogP contribution is -1.86. The van der Waals surface area contributed by atoms with Crippen LogP contribution >= 0.6 is 27.7 Å². The molecule has 0 bridgehead atoms. The van der Waals surface area contributed by atoms with Gasteiger partial charge in [0.05, 0.1) is 6.61 Å². The Hall–Kier alpha value is -0.770. The Balaban J connectivity index is 2.30. The van der Waals surface area contributed by atoms with Crippen LogP contribution in [0.5, 0.6) is 0 Å². The molecule has 2 aromatic rings. The van der Waals surface area contributed by atoms with E-state index in [2.05, 4.69) is 22.0 Å². The molecule has 0 aromatic heterocycles. The van der Waals surface area contributed by atoms with Crippen molar-refractivity contribution in [2.45, 2.75) is 16.4 Å². The van der Waals surface area contributed by atoms with E-state index in [4.69, 9.17) is 0 Å². The molecule has 0 aliphatic rings. The van der Waals surface area contributed by atoms with Gasteiger partial charge in [-0.2, -0.15) is 0 Å². The third-order valence-electron chi connectivity index (χ3n) is 2.20. The smallest absolute Gasteiger partial charge is 0.0692 e. The van der Waals surface area contributed by atoms with Crippen molar-refractivity contribution >= 4 is 27.7 Å². The van der Waals surface area contributed by atoms with Crippen molar-refractivity contribution in [3.8, 4) is 0 Å². The molecule has 2 rings (SSSR count). The topological polar surface area (TPSA) is 20.2 Å². The highest BCUT2D eigenvalue weighted by molar-refractivity contribution is 9.10. The number of hydrogen-bond donors (Lipinski definition) is 1. The normalized spacial score (nSPS) is 10.4. The maximum atomic E-state index is 9.24. The van der Waals surface area contributed by atoms with Gasteiger partial charge in [-0.05, 0) is 39.7 Å². The summed E-state index contributed by atoms with van der Waals surface area (Å²) in [4.78, 5) is 2.25. The monoisotopic (exact) mass is 294 g/mol. The Morgan fingerprint density at radius 2 is 1.56 bits per heavy atom. The van der Waals surface area contributed by atoms with Gasteiger partial charge in [0.15, 0.2) is 0 Å². The van der Waals surface area contributed by atoms with Crippen LogP contribution in [-0.2, 0) is 6.61 Å². The summed E-state index contributed by atoms with van der Waals surface area (Å²) in [5.41, 5.74) is 0.961. The minimum atomic E-state index is 0.0770. The molecule has 0 aliphatic carbocycles. The SMILES string of the molecule is OCc1ccccc1Sc1ccccc1Br. The summed E-state index contributed by atoms with van der Waals surface area (Å²) in [6.07, 6.45) is 0. The molecule has 0 saturated carbocycles. The number of hydrogen-bond acceptors (Lipinski definition) is 2. The third kappa shape index (κ3) is 2.67.